The van der Waals surface area contributed by atoms with Crippen molar-refractivity contribution >= 4 is 28.0 Å². The molecule has 1 aromatic heterocycles. The van der Waals surface area contributed by atoms with Crippen LogP contribution in [0.15, 0.2) is 18.2 Å². The van der Waals surface area contributed by atoms with Crippen molar-refractivity contribution in [3.63, 3.8) is 0 Å². The maximum absolute atomic E-state index is 14.1. The number of ether oxygens (including phenoxy) is 1. The Morgan fingerprint density at radius 2 is 1.92 bits per heavy atom. The number of carbonyl (C=O) groups excluding carboxylic acids is 2. The molecule has 0 unspecified atom stereocenters. The SMILES string of the molecule is C[C@H](N)C(=O)Nc1sc2c(c1C(=O)c1c(F)cccc1F)OCCCC2. The van der Waals surface area contributed by atoms with E-state index in [1.54, 1.807) is 0 Å². The molecule has 2 aromatic rings. The van der Waals surface area contributed by atoms with Crippen LogP contribution in [0.25, 0.3) is 0 Å². The van der Waals surface area contributed by atoms with E-state index in [0.717, 1.165) is 29.9 Å². The van der Waals surface area contributed by atoms with Gasteiger partial charge in [0, 0.05) is 4.88 Å². The first-order chi connectivity index (χ1) is 12.4. The molecule has 0 radical (unpaired) electrons. The number of aryl methyl sites for hydroxylation is 1. The lowest BCUT2D eigenvalue weighted by Gasteiger charge is -2.11. The Morgan fingerprint density at radius 1 is 1.23 bits per heavy atom. The summed E-state index contributed by atoms with van der Waals surface area (Å²) in [6.45, 7) is 1.90. The van der Waals surface area contributed by atoms with Gasteiger partial charge in [0.15, 0.2) is 0 Å². The lowest BCUT2D eigenvalue weighted by atomic mass is 10.0. The van der Waals surface area contributed by atoms with Crippen LogP contribution in [0.1, 0.15) is 40.6 Å². The first kappa shape index (κ1) is 18.5. The van der Waals surface area contributed by atoms with E-state index in [-0.39, 0.29) is 10.6 Å². The number of fused-ring (bicyclic) bond motifs is 1. The zero-order valence-electron chi connectivity index (χ0n) is 14.1. The number of carbonyl (C=O) groups is 2. The van der Waals surface area contributed by atoms with Gasteiger partial charge in [0.2, 0.25) is 11.7 Å². The molecule has 138 valence electrons. The number of rotatable bonds is 4. The second kappa shape index (κ2) is 7.51. The van der Waals surface area contributed by atoms with Crippen molar-refractivity contribution in [3.05, 3.63) is 45.8 Å². The van der Waals surface area contributed by atoms with E-state index in [4.69, 9.17) is 10.5 Å². The molecule has 0 aliphatic carbocycles. The molecule has 0 bridgehead atoms. The molecule has 0 fully saturated rings. The first-order valence-corrected chi connectivity index (χ1v) is 9.05. The number of halogens is 2. The highest BCUT2D eigenvalue weighted by atomic mass is 32.1. The van der Waals surface area contributed by atoms with Crippen LogP contribution in [-0.4, -0.2) is 24.3 Å². The zero-order valence-corrected chi connectivity index (χ0v) is 14.9. The predicted molar refractivity (Wildman–Crippen MR) is 94.8 cm³/mol. The van der Waals surface area contributed by atoms with E-state index in [1.165, 1.54) is 24.3 Å². The van der Waals surface area contributed by atoms with Crippen LogP contribution in [0.2, 0.25) is 0 Å². The molecule has 0 spiro atoms. The summed E-state index contributed by atoms with van der Waals surface area (Å²) in [5.41, 5.74) is 4.88. The highest BCUT2D eigenvalue weighted by Crippen LogP contribution is 2.43. The third-order valence-electron chi connectivity index (χ3n) is 4.04. The van der Waals surface area contributed by atoms with E-state index in [2.05, 4.69) is 5.32 Å². The summed E-state index contributed by atoms with van der Waals surface area (Å²) >= 11 is 1.18. The standard InChI is InChI=1S/C18H18F2N2O3S/c1-9(21)17(24)22-18-14(16-12(26-18)7-2-3-8-25-16)15(23)13-10(19)5-4-6-11(13)20/h4-6,9H,2-3,7-8,21H2,1H3,(H,22,24)/t9-/m0/s1. The third-order valence-corrected chi connectivity index (χ3v) is 5.19. The smallest absolute Gasteiger partial charge is 0.241 e. The number of benzene rings is 1. The van der Waals surface area contributed by atoms with Gasteiger partial charge in [-0.3, -0.25) is 9.59 Å². The summed E-state index contributed by atoms with van der Waals surface area (Å²) in [6.07, 6.45) is 2.33. The average Bonchev–Trinajstić information content (AvgIpc) is 2.75. The van der Waals surface area contributed by atoms with Crippen LogP contribution in [0.5, 0.6) is 5.75 Å². The third kappa shape index (κ3) is 3.47. The minimum Gasteiger partial charge on any atom is -0.492 e. The van der Waals surface area contributed by atoms with Gasteiger partial charge in [-0.15, -0.1) is 11.3 Å². The van der Waals surface area contributed by atoms with Crippen molar-refractivity contribution in [2.45, 2.75) is 32.2 Å². The van der Waals surface area contributed by atoms with Crippen molar-refractivity contribution in [2.24, 2.45) is 5.73 Å². The highest BCUT2D eigenvalue weighted by molar-refractivity contribution is 7.17. The van der Waals surface area contributed by atoms with Gasteiger partial charge in [-0.25, -0.2) is 8.78 Å². The zero-order chi connectivity index (χ0) is 18.8. The molecule has 1 amide bonds. The lowest BCUT2D eigenvalue weighted by molar-refractivity contribution is -0.117. The topological polar surface area (TPSA) is 81.4 Å². The van der Waals surface area contributed by atoms with Crippen LogP contribution < -0.4 is 15.8 Å². The first-order valence-electron chi connectivity index (χ1n) is 8.23. The Labute approximate surface area is 153 Å². The molecular formula is C18H18F2N2O3S. The van der Waals surface area contributed by atoms with Crippen LogP contribution in [-0.2, 0) is 11.2 Å². The van der Waals surface area contributed by atoms with E-state index in [9.17, 15) is 18.4 Å². The second-order valence-corrected chi connectivity index (χ2v) is 7.17. The van der Waals surface area contributed by atoms with Gasteiger partial charge in [0.25, 0.3) is 0 Å². The van der Waals surface area contributed by atoms with E-state index < -0.39 is 34.9 Å². The van der Waals surface area contributed by atoms with Gasteiger partial charge >= 0.3 is 0 Å². The molecule has 1 aromatic carbocycles. The van der Waals surface area contributed by atoms with Crippen LogP contribution >= 0.6 is 11.3 Å². The fourth-order valence-corrected chi connectivity index (χ4v) is 3.89. The Hall–Kier alpha value is -2.32. The number of hydrogen-bond donors (Lipinski definition) is 2. The van der Waals surface area contributed by atoms with Crippen molar-refractivity contribution in [2.75, 3.05) is 11.9 Å². The minimum absolute atomic E-state index is 0.0232. The number of thiophene rings is 1. The summed E-state index contributed by atoms with van der Waals surface area (Å²) < 4.78 is 33.9. The molecule has 0 saturated heterocycles. The van der Waals surface area contributed by atoms with Crippen LogP contribution in [0.4, 0.5) is 13.8 Å². The number of hydrogen-bond acceptors (Lipinski definition) is 5. The second-order valence-electron chi connectivity index (χ2n) is 6.07. The molecule has 1 aliphatic heterocycles. The van der Waals surface area contributed by atoms with E-state index in [0.29, 0.717) is 18.8 Å². The Balaban J connectivity index is 2.13. The molecule has 26 heavy (non-hydrogen) atoms. The predicted octanol–water partition coefficient (Wildman–Crippen LogP) is 3.26. The molecule has 5 nitrogen and oxygen atoms in total. The van der Waals surface area contributed by atoms with Gasteiger partial charge in [0.1, 0.15) is 22.4 Å². The van der Waals surface area contributed by atoms with Crippen molar-refractivity contribution < 1.29 is 23.1 Å². The van der Waals surface area contributed by atoms with Gasteiger partial charge in [-0.2, -0.15) is 0 Å². The van der Waals surface area contributed by atoms with Gasteiger partial charge in [-0.1, -0.05) is 6.07 Å². The molecule has 1 aliphatic rings. The number of nitrogens with two attached hydrogens (primary N) is 1. The van der Waals surface area contributed by atoms with Crippen molar-refractivity contribution in [1.29, 1.82) is 0 Å². The Kier molecular flexibility index (Phi) is 5.33. The maximum atomic E-state index is 14.1. The Morgan fingerprint density at radius 3 is 2.58 bits per heavy atom. The van der Waals surface area contributed by atoms with E-state index in [1.807, 2.05) is 0 Å². The molecule has 8 heteroatoms. The van der Waals surface area contributed by atoms with Gasteiger partial charge in [-0.05, 0) is 38.3 Å². The number of ketones is 1. The summed E-state index contributed by atoms with van der Waals surface area (Å²) in [5, 5.41) is 2.79. The van der Waals surface area contributed by atoms with Crippen LogP contribution in [0.3, 0.4) is 0 Å². The average molecular weight is 380 g/mol. The normalized spacial score (nSPS) is 14.8. The largest absolute Gasteiger partial charge is 0.492 e. The molecule has 3 N–H and O–H groups in total. The van der Waals surface area contributed by atoms with Gasteiger partial charge in [0.05, 0.1) is 23.8 Å². The number of nitrogens with one attached hydrogen (secondary N) is 1. The molecule has 0 saturated carbocycles. The molecule has 3 rings (SSSR count). The molecule has 2 heterocycles. The maximum Gasteiger partial charge on any atom is 0.241 e. The number of amides is 1. The van der Waals surface area contributed by atoms with Gasteiger partial charge < -0.3 is 15.8 Å². The van der Waals surface area contributed by atoms with Crippen molar-refractivity contribution in [1.82, 2.24) is 0 Å². The minimum atomic E-state index is -0.965. The number of anilines is 1. The fraction of sp³-hybridized carbons (Fsp3) is 0.333. The quantitative estimate of drug-likeness (QED) is 0.798. The molecular weight excluding hydrogens is 362 g/mol. The monoisotopic (exact) mass is 380 g/mol. The van der Waals surface area contributed by atoms with E-state index >= 15 is 0 Å². The lowest BCUT2D eigenvalue weighted by Crippen LogP contribution is -2.32. The Bertz CT molecular complexity index is 844. The fourth-order valence-electron chi connectivity index (χ4n) is 2.70. The summed E-state index contributed by atoms with van der Waals surface area (Å²) in [4.78, 5) is 25.7. The summed E-state index contributed by atoms with van der Waals surface area (Å²) in [5.74, 6) is -2.99. The highest BCUT2D eigenvalue weighted by Gasteiger charge is 2.31. The summed E-state index contributed by atoms with van der Waals surface area (Å²) in [6, 6.07) is 2.42. The molecule has 1 atom stereocenters. The van der Waals surface area contributed by atoms with Crippen LogP contribution in [0, 0.1) is 11.6 Å². The summed E-state index contributed by atoms with van der Waals surface area (Å²) in [7, 11) is 0. The van der Waals surface area contributed by atoms with Crippen molar-refractivity contribution in [3.8, 4) is 5.75 Å².